The summed E-state index contributed by atoms with van der Waals surface area (Å²) >= 11 is 0. The molecule has 41 heavy (non-hydrogen) atoms. The summed E-state index contributed by atoms with van der Waals surface area (Å²) < 4.78 is 7.18. The van der Waals surface area contributed by atoms with Gasteiger partial charge < -0.3 is 19.6 Å². The van der Waals surface area contributed by atoms with Crippen LogP contribution in [0, 0.1) is 0 Å². The molecule has 0 bridgehead atoms. The van der Waals surface area contributed by atoms with Crippen molar-refractivity contribution in [3.8, 4) is 0 Å². The van der Waals surface area contributed by atoms with E-state index in [0.29, 0.717) is 12.2 Å². The standard InChI is InChI=1S/C36H38N2O3/c1-35(2)30-25-9-5-15-37-13-3-7-21(32(25)37)18-28(30)36(27-12-11-23(34(39)40)17-24(27)20-41-36)29-19-22-8-4-14-38-16-6-10-26(31(29)35)33(22)38/h11-12,17-19H,3-10,13-16,20H2,1-2H3,(H,39,40). The van der Waals surface area contributed by atoms with Crippen LogP contribution in [0.25, 0.3) is 0 Å². The highest BCUT2D eigenvalue weighted by Gasteiger charge is 2.55. The van der Waals surface area contributed by atoms with Crippen molar-refractivity contribution in [2.75, 3.05) is 36.0 Å². The number of ether oxygens (including phenoxy) is 1. The lowest BCUT2D eigenvalue weighted by atomic mass is 9.57. The molecule has 5 heterocycles. The van der Waals surface area contributed by atoms with Crippen LogP contribution in [0.2, 0.25) is 0 Å². The normalized spacial score (nSPS) is 22.0. The van der Waals surface area contributed by atoms with Crippen LogP contribution in [0.4, 0.5) is 11.4 Å². The second-order valence-corrected chi connectivity index (χ2v) is 13.7. The highest BCUT2D eigenvalue weighted by atomic mass is 16.5. The molecule has 1 aliphatic carbocycles. The van der Waals surface area contributed by atoms with E-state index in [-0.39, 0.29) is 5.41 Å². The van der Waals surface area contributed by atoms with Crippen LogP contribution in [-0.2, 0) is 48.0 Å². The topological polar surface area (TPSA) is 53.0 Å². The number of carbonyl (C=O) groups is 1. The summed E-state index contributed by atoms with van der Waals surface area (Å²) in [4.78, 5) is 17.3. The highest BCUT2D eigenvalue weighted by Crippen LogP contribution is 2.62. The molecule has 1 N–H and O–H groups in total. The van der Waals surface area contributed by atoms with Gasteiger partial charge in [0, 0.05) is 43.0 Å². The quantitative estimate of drug-likeness (QED) is 0.391. The molecule has 0 radical (unpaired) electrons. The summed E-state index contributed by atoms with van der Waals surface area (Å²) in [5.74, 6) is -0.878. The van der Waals surface area contributed by atoms with E-state index in [2.05, 4.69) is 41.8 Å². The van der Waals surface area contributed by atoms with Crippen LogP contribution in [0.5, 0.6) is 0 Å². The average molecular weight is 547 g/mol. The third-order valence-electron chi connectivity index (χ3n) is 11.2. The fourth-order valence-electron chi connectivity index (χ4n) is 9.87. The molecule has 6 aliphatic rings. The molecular formula is C36H38N2O3. The van der Waals surface area contributed by atoms with Gasteiger partial charge in [0.05, 0.1) is 12.2 Å². The molecular weight excluding hydrogens is 508 g/mol. The fourth-order valence-corrected chi connectivity index (χ4v) is 9.87. The number of hydrogen-bond donors (Lipinski definition) is 1. The van der Waals surface area contributed by atoms with E-state index in [1.807, 2.05) is 6.07 Å². The van der Waals surface area contributed by atoms with Crippen LogP contribution < -0.4 is 9.80 Å². The molecule has 0 atom stereocenters. The lowest BCUT2D eigenvalue weighted by Gasteiger charge is -2.51. The number of rotatable bonds is 1. The molecule has 1 spiro atoms. The van der Waals surface area contributed by atoms with E-state index in [4.69, 9.17) is 4.74 Å². The molecule has 0 fully saturated rings. The Morgan fingerprint density at radius 3 is 1.80 bits per heavy atom. The van der Waals surface area contributed by atoms with Crippen molar-refractivity contribution in [2.24, 2.45) is 0 Å². The van der Waals surface area contributed by atoms with Gasteiger partial charge in [-0.3, -0.25) is 0 Å². The smallest absolute Gasteiger partial charge is 0.335 e. The van der Waals surface area contributed by atoms with Gasteiger partial charge in [-0.05, 0) is 131 Å². The number of anilines is 2. The first-order chi connectivity index (χ1) is 19.9. The number of fused-ring (bicyclic) bond motifs is 8. The van der Waals surface area contributed by atoms with Crippen molar-refractivity contribution in [1.29, 1.82) is 0 Å². The van der Waals surface area contributed by atoms with E-state index >= 15 is 0 Å². The van der Waals surface area contributed by atoms with Crippen LogP contribution in [0.3, 0.4) is 0 Å². The van der Waals surface area contributed by atoms with Gasteiger partial charge in [0.1, 0.15) is 5.60 Å². The van der Waals surface area contributed by atoms with E-state index < -0.39 is 11.6 Å². The van der Waals surface area contributed by atoms with Crippen molar-refractivity contribution in [3.05, 3.63) is 91.5 Å². The number of nitrogens with zero attached hydrogens (tertiary/aromatic N) is 2. The van der Waals surface area contributed by atoms with Gasteiger partial charge in [0.25, 0.3) is 0 Å². The molecule has 0 amide bonds. The first kappa shape index (κ1) is 24.3. The van der Waals surface area contributed by atoms with Gasteiger partial charge in [-0.15, -0.1) is 0 Å². The minimum Gasteiger partial charge on any atom is -0.478 e. The Balaban J connectivity index is 1.43. The van der Waals surface area contributed by atoms with Crippen LogP contribution in [0.1, 0.15) is 106 Å². The Morgan fingerprint density at radius 2 is 1.27 bits per heavy atom. The number of aryl methyl sites for hydroxylation is 2. The zero-order chi connectivity index (χ0) is 27.7. The largest absolute Gasteiger partial charge is 0.478 e. The highest BCUT2D eigenvalue weighted by molar-refractivity contribution is 5.88. The zero-order valence-corrected chi connectivity index (χ0v) is 24.2. The average Bonchev–Trinajstić information content (AvgIpc) is 3.36. The predicted octanol–water partition coefficient (Wildman–Crippen LogP) is 6.24. The lowest BCUT2D eigenvalue weighted by molar-refractivity contribution is 0.0215. The molecule has 0 saturated heterocycles. The fraction of sp³-hybridized carbons (Fsp3) is 0.472. The SMILES string of the molecule is CC1(C)c2c(cc3c4c2CCCN4CCC3)C2(OCc3cc(C(=O)O)ccc32)c2cc3c4c(c21)CCCN4CCC3. The van der Waals surface area contributed by atoms with Gasteiger partial charge >= 0.3 is 5.97 Å². The Hall–Kier alpha value is -3.31. The minimum absolute atomic E-state index is 0.154. The molecule has 0 unspecified atom stereocenters. The second-order valence-electron chi connectivity index (χ2n) is 13.7. The Kier molecular flexibility index (Phi) is 4.84. The zero-order valence-electron chi connectivity index (χ0n) is 24.2. The third-order valence-corrected chi connectivity index (χ3v) is 11.2. The Bertz CT molecular complexity index is 1600. The number of hydrogen-bond acceptors (Lipinski definition) is 4. The summed E-state index contributed by atoms with van der Waals surface area (Å²) in [7, 11) is 0. The molecule has 5 heteroatoms. The van der Waals surface area contributed by atoms with E-state index in [9.17, 15) is 9.90 Å². The van der Waals surface area contributed by atoms with Crippen molar-refractivity contribution in [3.63, 3.8) is 0 Å². The van der Waals surface area contributed by atoms with Crippen molar-refractivity contribution >= 4 is 17.3 Å². The molecule has 210 valence electrons. The summed E-state index contributed by atoms with van der Waals surface area (Å²) in [6.07, 6.45) is 9.26. The molecule has 3 aromatic carbocycles. The van der Waals surface area contributed by atoms with Crippen LogP contribution in [0.15, 0.2) is 30.3 Å². The number of carboxylic acids is 1. The first-order valence-corrected chi connectivity index (χ1v) is 15.8. The summed E-state index contributed by atoms with van der Waals surface area (Å²) in [5, 5.41) is 9.82. The first-order valence-electron chi connectivity index (χ1n) is 15.8. The van der Waals surface area contributed by atoms with Crippen molar-refractivity contribution in [2.45, 2.75) is 82.8 Å². The van der Waals surface area contributed by atoms with Gasteiger partial charge in [-0.2, -0.15) is 0 Å². The van der Waals surface area contributed by atoms with Crippen molar-refractivity contribution < 1.29 is 14.6 Å². The molecule has 9 rings (SSSR count). The lowest BCUT2D eigenvalue weighted by Crippen LogP contribution is -2.46. The minimum atomic E-state index is -0.878. The molecule has 0 saturated carbocycles. The molecule has 0 aromatic heterocycles. The maximum Gasteiger partial charge on any atom is 0.335 e. The van der Waals surface area contributed by atoms with E-state index in [0.717, 1.165) is 63.0 Å². The summed E-state index contributed by atoms with van der Waals surface area (Å²) in [6, 6.07) is 10.8. The molecule has 5 aliphatic heterocycles. The number of benzene rings is 3. The summed E-state index contributed by atoms with van der Waals surface area (Å²) in [5.41, 5.74) is 16.3. The second kappa shape index (κ2) is 8.16. The van der Waals surface area contributed by atoms with Crippen molar-refractivity contribution in [1.82, 2.24) is 0 Å². The molecule has 3 aromatic rings. The maximum absolute atomic E-state index is 12.0. The van der Waals surface area contributed by atoms with E-state index in [1.165, 1.54) is 70.4 Å². The van der Waals surface area contributed by atoms with Gasteiger partial charge in [-0.25, -0.2) is 4.79 Å². The molecule has 5 nitrogen and oxygen atoms in total. The van der Waals surface area contributed by atoms with E-state index in [1.54, 1.807) is 17.2 Å². The maximum atomic E-state index is 12.0. The van der Waals surface area contributed by atoms with Crippen LogP contribution >= 0.6 is 0 Å². The number of aromatic carboxylic acids is 1. The Labute approximate surface area is 242 Å². The number of carboxylic acid groups (broad SMARTS) is 1. The summed E-state index contributed by atoms with van der Waals surface area (Å²) in [6.45, 7) is 10.0. The third kappa shape index (κ3) is 2.98. The van der Waals surface area contributed by atoms with Gasteiger partial charge in [-0.1, -0.05) is 19.9 Å². The predicted molar refractivity (Wildman–Crippen MR) is 161 cm³/mol. The van der Waals surface area contributed by atoms with Crippen LogP contribution in [-0.4, -0.2) is 37.3 Å². The monoisotopic (exact) mass is 546 g/mol. The Morgan fingerprint density at radius 1 is 0.732 bits per heavy atom. The van der Waals surface area contributed by atoms with Gasteiger partial charge in [0.15, 0.2) is 0 Å². The van der Waals surface area contributed by atoms with Gasteiger partial charge in [0.2, 0.25) is 0 Å².